The Kier molecular flexibility index (Phi) is 5.25. The van der Waals surface area contributed by atoms with E-state index in [-0.39, 0.29) is 5.91 Å². The van der Waals surface area contributed by atoms with Crippen LogP contribution in [0.4, 0.5) is 0 Å². The zero-order valence-corrected chi connectivity index (χ0v) is 15.9. The van der Waals surface area contributed by atoms with Gasteiger partial charge in [0.25, 0.3) is 5.91 Å². The highest BCUT2D eigenvalue weighted by Crippen LogP contribution is 2.30. The lowest BCUT2D eigenvalue weighted by molar-refractivity contribution is 0.0998. The zero-order valence-electron chi connectivity index (χ0n) is 14.4. The quantitative estimate of drug-likeness (QED) is 0.656. The number of rotatable bonds is 4. The minimum Gasteiger partial charge on any atom is -0.495 e. The largest absolute Gasteiger partial charge is 0.495 e. The van der Waals surface area contributed by atoms with Gasteiger partial charge in [0.1, 0.15) is 11.3 Å². The predicted octanol–water partition coefficient (Wildman–Crippen LogP) is 4.82. The molecule has 0 saturated carbocycles. The standard InChI is InChI=1S/C19H19ClN2O2S/c1-4-10-22-16-15(24-3)9-8-12(2)17(16)25-19(22)21-18(23)13-6-5-7-14(20)11-13/h5-9,11H,4,10H2,1-3H3. The average molecular weight is 375 g/mol. The van der Waals surface area contributed by atoms with E-state index in [1.54, 1.807) is 31.4 Å². The van der Waals surface area contributed by atoms with Crippen molar-refractivity contribution in [3.05, 3.63) is 57.3 Å². The molecule has 0 radical (unpaired) electrons. The maximum Gasteiger partial charge on any atom is 0.279 e. The molecule has 0 N–H and O–H groups in total. The molecule has 130 valence electrons. The van der Waals surface area contributed by atoms with Gasteiger partial charge in [0.05, 0.1) is 11.8 Å². The first-order valence-electron chi connectivity index (χ1n) is 8.06. The Morgan fingerprint density at radius 2 is 2.12 bits per heavy atom. The molecule has 3 aromatic rings. The van der Waals surface area contributed by atoms with Crippen LogP contribution < -0.4 is 9.54 Å². The Morgan fingerprint density at radius 1 is 1.32 bits per heavy atom. The molecule has 6 heteroatoms. The molecule has 0 saturated heterocycles. The highest BCUT2D eigenvalue weighted by atomic mass is 35.5. The number of carbonyl (C=O) groups excluding carboxylic acids is 1. The minimum absolute atomic E-state index is 0.296. The summed E-state index contributed by atoms with van der Waals surface area (Å²) in [4.78, 5) is 17.6. The van der Waals surface area contributed by atoms with Crippen LogP contribution in [-0.4, -0.2) is 17.6 Å². The zero-order chi connectivity index (χ0) is 18.0. The molecular formula is C19H19ClN2O2S. The third kappa shape index (κ3) is 3.48. The van der Waals surface area contributed by atoms with Crippen LogP contribution in [0.25, 0.3) is 10.2 Å². The number of amides is 1. The van der Waals surface area contributed by atoms with E-state index in [1.165, 1.54) is 11.3 Å². The summed E-state index contributed by atoms with van der Waals surface area (Å²) in [5.74, 6) is 0.498. The Labute approximate surface area is 155 Å². The van der Waals surface area contributed by atoms with Crippen LogP contribution in [0.15, 0.2) is 41.4 Å². The smallest absolute Gasteiger partial charge is 0.279 e. The van der Waals surface area contributed by atoms with Gasteiger partial charge in [-0.1, -0.05) is 42.0 Å². The number of carbonyl (C=O) groups is 1. The number of hydrogen-bond donors (Lipinski definition) is 0. The van der Waals surface area contributed by atoms with Crippen molar-refractivity contribution in [3.63, 3.8) is 0 Å². The molecule has 4 nitrogen and oxygen atoms in total. The number of fused-ring (bicyclic) bond motifs is 1. The third-order valence-corrected chi connectivity index (χ3v) is 5.37. The Bertz CT molecular complexity index is 1000. The highest BCUT2D eigenvalue weighted by Gasteiger charge is 2.14. The van der Waals surface area contributed by atoms with Crippen LogP contribution in [0.5, 0.6) is 5.75 Å². The second kappa shape index (κ2) is 7.42. The number of ether oxygens (including phenoxy) is 1. The summed E-state index contributed by atoms with van der Waals surface area (Å²) in [7, 11) is 1.66. The Balaban J connectivity index is 2.23. The van der Waals surface area contributed by atoms with Gasteiger partial charge in [-0.05, 0) is 43.2 Å². The van der Waals surface area contributed by atoms with Gasteiger partial charge in [-0.2, -0.15) is 4.99 Å². The van der Waals surface area contributed by atoms with Gasteiger partial charge in [0.15, 0.2) is 4.80 Å². The fraction of sp³-hybridized carbons (Fsp3) is 0.263. The lowest BCUT2D eigenvalue weighted by atomic mass is 10.2. The van der Waals surface area contributed by atoms with Gasteiger partial charge in [-0.25, -0.2) is 0 Å². The molecule has 0 aliphatic rings. The van der Waals surface area contributed by atoms with E-state index in [1.807, 2.05) is 12.1 Å². The second-order valence-corrected chi connectivity index (χ2v) is 7.14. The molecule has 0 bridgehead atoms. The highest BCUT2D eigenvalue weighted by molar-refractivity contribution is 7.16. The van der Waals surface area contributed by atoms with Gasteiger partial charge in [-0.15, -0.1) is 0 Å². The third-order valence-electron chi connectivity index (χ3n) is 3.92. The van der Waals surface area contributed by atoms with Crippen molar-refractivity contribution in [2.45, 2.75) is 26.8 Å². The molecule has 1 aromatic heterocycles. The van der Waals surface area contributed by atoms with Crippen LogP contribution in [0.3, 0.4) is 0 Å². The van der Waals surface area contributed by atoms with Crippen molar-refractivity contribution in [1.29, 1.82) is 0 Å². The van der Waals surface area contributed by atoms with E-state index in [2.05, 4.69) is 23.4 Å². The molecule has 3 rings (SSSR count). The van der Waals surface area contributed by atoms with Crippen molar-refractivity contribution in [1.82, 2.24) is 4.57 Å². The van der Waals surface area contributed by atoms with E-state index in [0.29, 0.717) is 15.4 Å². The first kappa shape index (κ1) is 17.7. The number of thiazole rings is 1. The first-order valence-corrected chi connectivity index (χ1v) is 9.26. The second-order valence-electron chi connectivity index (χ2n) is 5.73. The summed E-state index contributed by atoms with van der Waals surface area (Å²) < 4.78 is 8.68. The van der Waals surface area contributed by atoms with Crippen LogP contribution >= 0.6 is 22.9 Å². The first-order chi connectivity index (χ1) is 12.0. The lowest BCUT2D eigenvalue weighted by Crippen LogP contribution is -2.17. The number of halogens is 1. The fourth-order valence-electron chi connectivity index (χ4n) is 2.73. The summed E-state index contributed by atoms with van der Waals surface area (Å²) in [6.45, 7) is 4.92. The Hall–Kier alpha value is -2.11. The fourth-order valence-corrected chi connectivity index (χ4v) is 4.06. The van der Waals surface area contributed by atoms with E-state index in [0.717, 1.165) is 34.5 Å². The maximum absolute atomic E-state index is 12.6. The van der Waals surface area contributed by atoms with Crippen molar-refractivity contribution in [2.75, 3.05) is 7.11 Å². The molecule has 0 unspecified atom stereocenters. The number of benzene rings is 2. The minimum atomic E-state index is -0.296. The van der Waals surface area contributed by atoms with Crippen LogP contribution in [0.2, 0.25) is 5.02 Å². The molecular weight excluding hydrogens is 356 g/mol. The maximum atomic E-state index is 12.6. The molecule has 2 aromatic carbocycles. The SMILES string of the molecule is CCCn1c(=NC(=O)c2cccc(Cl)c2)sc2c(C)ccc(OC)c21. The van der Waals surface area contributed by atoms with Gasteiger partial charge in [0, 0.05) is 17.1 Å². The average Bonchev–Trinajstić information content (AvgIpc) is 2.95. The van der Waals surface area contributed by atoms with Gasteiger partial charge >= 0.3 is 0 Å². The number of nitrogens with zero attached hydrogens (tertiary/aromatic N) is 2. The molecule has 0 spiro atoms. The van der Waals surface area contributed by atoms with Gasteiger partial charge in [-0.3, -0.25) is 4.79 Å². The topological polar surface area (TPSA) is 43.6 Å². The van der Waals surface area contributed by atoms with Gasteiger partial charge in [0.2, 0.25) is 0 Å². The summed E-state index contributed by atoms with van der Waals surface area (Å²) in [5.41, 5.74) is 2.62. The van der Waals surface area contributed by atoms with Gasteiger partial charge < -0.3 is 9.30 Å². The molecule has 25 heavy (non-hydrogen) atoms. The van der Waals surface area contributed by atoms with Crippen molar-refractivity contribution < 1.29 is 9.53 Å². The number of hydrogen-bond acceptors (Lipinski definition) is 3. The van der Waals surface area contributed by atoms with E-state index in [9.17, 15) is 4.79 Å². The van der Waals surface area contributed by atoms with Crippen molar-refractivity contribution in [2.24, 2.45) is 4.99 Å². The molecule has 0 aliphatic heterocycles. The number of methoxy groups -OCH3 is 1. The van der Waals surface area contributed by atoms with E-state index >= 15 is 0 Å². The van der Waals surface area contributed by atoms with Crippen LogP contribution in [-0.2, 0) is 6.54 Å². The van der Waals surface area contributed by atoms with E-state index in [4.69, 9.17) is 16.3 Å². The summed E-state index contributed by atoms with van der Waals surface area (Å²) in [5, 5.41) is 0.524. The monoisotopic (exact) mass is 374 g/mol. The molecule has 1 amide bonds. The predicted molar refractivity (Wildman–Crippen MR) is 103 cm³/mol. The van der Waals surface area contributed by atoms with Crippen molar-refractivity contribution >= 4 is 39.1 Å². The Morgan fingerprint density at radius 3 is 2.80 bits per heavy atom. The summed E-state index contributed by atoms with van der Waals surface area (Å²) in [6, 6.07) is 10.8. The normalized spacial score (nSPS) is 11.9. The van der Waals surface area contributed by atoms with E-state index < -0.39 is 0 Å². The molecule has 0 aliphatic carbocycles. The lowest BCUT2D eigenvalue weighted by Gasteiger charge is -2.08. The molecule has 1 heterocycles. The van der Waals surface area contributed by atoms with Crippen LogP contribution in [0, 0.1) is 6.92 Å². The van der Waals surface area contributed by atoms with Crippen molar-refractivity contribution in [3.8, 4) is 5.75 Å². The number of aromatic nitrogens is 1. The summed E-state index contributed by atoms with van der Waals surface area (Å²) in [6.07, 6.45) is 0.932. The summed E-state index contributed by atoms with van der Waals surface area (Å²) >= 11 is 7.49. The number of aryl methyl sites for hydroxylation is 2. The van der Waals surface area contributed by atoms with Crippen LogP contribution in [0.1, 0.15) is 29.3 Å². The molecule has 0 atom stereocenters. The molecule has 0 fully saturated rings.